The Morgan fingerprint density at radius 2 is 1.67 bits per heavy atom. The molecule has 1 amide bonds. The second-order valence-electron chi connectivity index (χ2n) is 7.03. The van der Waals surface area contributed by atoms with Gasteiger partial charge in [0.15, 0.2) is 0 Å². The van der Waals surface area contributed by atoms with Crippen molar-refractivity contribution in [2.45, 2.75) is 18.8 Å². The van der Waals surface area contributed by atoms with E-state index >= 15 is 0 Å². The fourth-order valence-corrected chi connectivity index (χ4v) is 3.82. The molecule has 2 unspecified atom stereocenters. The number of nitrogens with one attached hydrogen (secondary N) is 2. The number of anilines is 1. The van der Waals surface area contributed by atoms with E-state index in [4.69, 9.17) is 4.74 Å². The molecule has 142 valence electrons. The van der Waals surface area contributed by atoms with Crippen molar-refractivity contribution in [3.8, 4) is 5.75 Å². The van der Waals surface area contributed by atoms with Gasteiger partial charge < -0.3 is 15.0 Å². The molecule has 2 aromatic rings. The van der Waals surface area contributed by atoms with Crippen molar-refractivity contribution in [3.63, 3.8) is 0 Å². The first-order chi connectivity index (χ1) is 13.2. The van der Waals surface area contributed by atoms with Crippen LogP contribution in [0.3, 0.4) is 0 Å². The zero-order valence-electron chi connectivity index (χ0n) is 15.6. The van der Waals surface area contributed by atoms with Crippen LogP contribution in [0.4, 0.5) is 5.69 Å². The summed E-state index contributed by atoms with van der Waals surface area (Å²) in [6, 6.07) is 18.4. The monoisotopic (exact) mass is 366 g/mol. The average Bonchev–Trinajstić information content (AvgIpc) is 2.74. The third kappa shape index (κ3) is 4.07. The Bertz CT molecular complexity index is 758. The predicted molar refractivity (Wildman–Crippen MR) is 106 cm³/mol. The van der Waals surface area contributed by atoms with Gasteiger partial charge in [0.05, 0.1) is 7.11 Å². The van der Waals surface area contributed by atoms with Gasteiger partial charge in [-0.1, -0.05) is 30.3 Å². The van der Waals surface area contributed by atoms with Gasteiger partial charge >= 0.3 is 0 Å². The minimum atomic E-state index is -0.116. The highest BCUT2D eigenvalue weighted by Crippen LogP contribution is 2.23. The molecule has 0 aromatic heterocycles. The average molecular weight is 366 g/mol. The predicted octanol–water partition coefficient (Wildman–Crippen LogP) is 1.95. The van der Waals surface area contributed by atoms with E-state index in [-0.39, 0.29) is 18.2 Å². The van der Waals surface area contributed by atoms with Crippen LogP contribution in [0.5, 0.6) is 5.75 Å². The van der Waals surface area contributed by atoms with E-state index in [0.29, 0.717) is 6.42 Å². The fourth-order valence-electron chi connectivity index (χ4n) is 3.82. The van der Waals surface area contributed by atoms with E-state index in [9.17, 15) is 4.79 Å². The van der Waals surface area contributed by atoms with Gasteiger partial charge in [0.2, 0.25) is 5.91 Å². The third-order valence-electron chi connectivity index (χ3n) is 5.37. The van der Waals surface area contributed by atoms with Gasteiger partial charge in [0.1, 0.15) is 12.0 Å². The van der Waals surface area contributed by atoms with E-state index in [1.54, 1.807) is 7.11 Å². The van der Waals surface area contributed by atoms with Gasteiger partial charge in [-0.05, 0) is 29.8 Å². The van der Waals surface area contributed by atoms with Crippen LogP contribution in [0.2, 0.25) is 0 Å². The van der Waals surface area contributed by atoms with Crippen LogP contribution in [0, 0.1) is 0 Å². The van der Waals surface area contributed by atoms with Crippen LogP contribution in [0.25, 0.3) is 0 Å². The van der Waals surface area contributed by atoms with Crippen LogP contribution in [0.15, 0.2) is 54.6 Å². The van der Waals surface area contributed by atoms with Gasteiger partial charge in [-0.3, -0.25) is 15.0 Å². The second-order valence-corrected chi connectivity index (χ2v) is 7.03. The molecule has 0 spiro atoms. The molecule has 0 bridgehead atoms. The van der Waals surface area contributed by atoms with E-state index in [1.165, 1.54) is 5.69 Å². The molecule has 2 fully saturated rings. The maximum atomic E-state index is 12.2. The van der Waals surface area contributed by atoms with E-state index in [1.807, 2.05) is 30.3 Å². The number of piperazine rings is 1. The molecule has 0 radical (unpaired) electrons. The SMILES string of the molecule is COc1ccc(N2CCN(C3NC(=O)CC(c4ccccc4)N3)CC2)cc1. The first-order valence-corrected chi connectivity index (χ1v) is 9.46. The number of rotatable bonds is 4. The first kappa shape index (κ1) is 17.8. The largest absolute Gasteiger partial charge is 0.497 e. The first-order valence-electron chi connectivity index (χ1n) is 9.46. The lowest BCUT2D eigenvalue weighted by Gasteiger charge is -2.43. The van der Waals surface area contributed by atoms with E-state index < -0.39 is 0 Å². The molecule has 2 heterocycles. The zero-order valence-corrected chi connectivity index (χ0v) is 15.6. The number of methoxy groups -OCH3 is 1. The number of hydrogen-bond acceptors (Lipinski definition) is 5. The molecule has 2 saturated heterocycles. The van der Waals surface area contributed by atoms with Crippen LogP contribution < -0.4 is 20.3 Å². The molecule has 2 N–H and O–H groups in total. The summed E-state index contributed by atoms with van der Waals surface area (Å²) < 4.78 is 5.23. The molecule has 2 atom stereocenters. The molecular formula is C21H26N4O2. The summed E-state index contributed by atoms with van der Waals surface area (Å²) >= 11 is 0. The number of nitrogens with zero attached hydrogens (tertiary/aromatic N) is 2. The standard InChI is InChI=1S/C21H26N4O2/c1-27-18-9-7-17(8-10-18)24-11-13-25(14-12-24)21-22-19(15-20(26)23-21)16-5-3-2-4-6-16/h2-10,19,21-22H,11-15H2,1H3,(H,23,26). The molecule has 6 heteroatoms. The zero-order chi connectivity index (χ0) is 18.6. The Morgan fingerprint density at radius 3 is 2.33 bits per heavy atom. The number of benzene rings is 2. The lowest BCUT2D eigenvalue weighted by Crippen LogP contribution is -2.64. The van der Waals surface area contributed by atoms with Crippen molar-refractivity contribution in [2.75, 3.05) is 38.2 Å². The summed E-state index contributed by atoms with van der Waals surface area (Å²) in [6.45, 7) is 3.64. The number of hydrogen-bond donors (Lipinski definition) is 2. The fraction of sp³-hybridized carbons (Fsp3) is 0.381. The quantitative estimate of drug-likeness (QED) is 0.866. The highest BCUT2D eigenvalue weighted by Gasteiger charge is 2.32. The Balaban J connectivity index is 1.37. The molecule has 2 aromatic carbocycles. The number of amides is 1. The lowest BCUT2D eigenvalue weighted by atomic mass is 10.0. The topological polar surface area (TPSA) is 56.8 Å². The minimum absolute atomic E-state index is 0.0598. The summed E-state index contributed by atoms with van der Waals surface area (Å²) in [4.78, 5) is 16.9. The highest BCUT2D eigenvalue weighted by molar-refractivity contribution is 5.78. The highest BCUT2D eigenvalue weighted by atomic mass is 16.5. The van der Waals surface area contributed by atoms with Crippen LogP contribution in [-0.4, -0.2) is 50.4 Å². The van der Waals surface area contributed by atoms with Crippen LogP contribution in [-0.2, 0) is 4.79 Å². The van der Waals surface area contributed by atoms with Crippen LogP contribution >= 0.6 is 0 Å². The second kappa shape index (κ2) is 7.98. The number of carbonyl (C=O) groups is 1. The van der Waals surface area contributed by atoms with E-state index in [0.717, 1.165) is 37.5 Å². The molecule has 0 aliphatic carbocycles. The number of carbonyl (C=O) groups excluding carboxylic acids is 1. The van der Waals surface area contributed by atoms with Crippen molar-refractivity contribution in [2.24, 2.45) is 0 Å². The Morgan fingerprint density at radius 1 is 0.963 bits per heavy atom. The Hall–Kier alpha value is -2.57. The molecular weight excluding hydrogens is 340 g/mol. The van der Waals surface area contributed by atoms with Crippen LogP contribution in [0.1, 0.15) is 18.0 Å². The molecule has 2 aliphatic heterocycles. The van der Waals surface area contributed by atoms with Crippen molar-refractivity contribution in [3.05, 3.63) is 60.2 Å². The molecule has 4 rings (SSSR count). The van der Waals surface area contributed by atoms with Crippen molar-refractivity contribution < 1.29 is 9.53 Å². The Labute approximate surface area is 160 Å². The molecule has 0 saturated carbocycles. The summed E-state index contributed by atoms with van der Waals surface area (Å²) in [5, 5.41) is 6.69. The lowest BCUT2D eigenvalue weighted by molar-refractivity contribution is -0.127. The minimum Gasteiger partial charge on any atom is -0.497 e. The summed E-state index contributed by atoms with van der Waals surface area (Å²) in [5.74, 6) is 0.976. The summed E-state index contributed by atoms with van der Waals surface area (Å²) in [7, 11) is 1.68. The molecule has 6 nitrogen and oxygen atoms in total. The van der Waals surface area contributed by atoms with Gasteiger partial charge in [-0.15, -0.1) is 0 Å². The van der Waals surface area contributed by atoms with Gasteiger partial charge in [0.25, 0.3) is 0 Å². The maximum absolute atomic E-state index is 12.2. The molecule has 27 heavy (non-hydrogen) atoms. The maximum Gasteiger partial charge on any atom is 0.224 e. The van der Waals surface area contributed by atoms with Gasteiger partial charge in [0, 0.05) is 44.3 Å². The summed E-state index contributed by atoms with van der Waals surface area (Å²) in [5.41, 5.74) is 2.37. The van der Waals surface area contributed by atoms with Crippen molar-refractivity contribution in [1.82, 2.24) is 15.5 Å². The van der Waals surface area contributed by atoms with E-state index in [2.05, 4.69) is 44.7 Å². The van der Waals surface area contributed by atoms with Crippen molar-refractivity contribution >= 4 is 11.6 Å². The normalized spacial score (nSPS) is 23.7. The van der Waals surface area contributed by atoms with Gasteiger partial charge in [-0.2, -0.15) is 0 Å². The summed E-state index contributed by atoms with van der Waals surface area (Å²) in [6.07, 6.45) is 0.362. The smallest absolute Gasteiger partial charge is 0.224 e. The van der Waals surface area contributed by atoms with Gasteiger partial charge in [-0.25, -0.2) is 0 Å². The van der Waals surface area contributed by atoms with Crippen molar-refractivity contribution in [1.29, 1.82) is 0 Å². The number of ether oxygens (including phenoxy) is 1. The molecule has 2 aliphatic rings. The Kier molecular flexibility index (Phi) is 5.27. The third-order valence-corrected chi connectivity index (χ3v) is 5.37.